The number of nitrogens with zero attached hydrogens (tertiary/aromatic N) is 2. The van der Waals surface area contributed by atoms with Gasteiger partial charge in [0.25, 0.3) is 0 Å². The van der Waals surface area contributed by atoms with Crippen molar-refractivity contribution in [2.75, 3.05) is 19.8 Å². The lowest BCUT2D eigenvalue weighted by molar-refractivity contribution is 0.403. The molecule has 0 aliphatic heterocycles. The highest BCUT2D eigenvalue weighted by molar-refractivity contribution is 5.36. The molecule has 3 N–H and O–H groups in total. The maximum Gasteiger partial charge on any atom is 0.123 e. The lowest BCUT2D eigenvalue weighted by Gasteiger charge is -2.06. The Kier molecular flexibility index (Phi) is 1.91. The molecule has 0 unspecified atom stereocenters. The van der Waals surface area contributed by atoms with Crippen LogP contribution in [-0.4, -0.2) is 29.2 Å². The van der Waals surface area contributed by atoms with E-state index in [9.17, 15) is 0 Å². The first-order valence-corrected chi connectivity index (χ1v) is 3.12. The molecule has 0 aliphatic rings. The van der Waals surface area contributed by atoms with Crippen LogP contribution in [0.15, 0.2) is 6.20 Å². The fourth-order valence-electron chi connectivity index (χ4n) is 0.788. The maximum absolute atomic E-state index is 5.54. The van der Waals surface area contributed by atoms with Gasteiger partial charge in [0.1, 0.15) is 5.82 Å². The van der Waals surface area contributed by atoms with Gasteiger partial charge in [0.05, 0.1) is 6.20 Å². The third-order valence-electron chi connectivity index (χ3n) is 1.24. The van der Waals surface area contributed by atoms with Crippen LogP contribution in [0.2, 0.25) is 0 Å². The number of nitrogens with two attached hydrogens (primary N) is 1. The van der Waals surface area contributed by atoms with Gasteiger partial charge >= 0.3 is 0 Å². The Hall–Kier alpha value is -1.03. The SMILES string of the molecule is CN(C)Cc1cn[nH]c1N. The molecule has 0 saturated carbocycles. The summed E-state index contributed by atoms with van der Waals surface area (Å²) in [5.41, 5.74) is 6.59. The number of hydrogen-bond donors (Lipinski definition) is 2. The zero-order valence-corrected chi connectivity index (χ0v) is 6.26. The lowest BCUT2D eigenvalue weighted by Crippen LogP contribution is -2.11. The largest absolute Gasteiger partial charge is 0.384 e. The summed E-state index contributed by atoms with van der Waals surface area (Å²) in [5, 5.41) is 6.47. The molecule has 10 heavy (non-hydrogen) atoms. The molecule has 1 heterocycles. The van der Waals surface area contributed by atoms with Crippen LogP contribution in [0, 0.1) is 0 Å². The zero-order chi connectivity index (χ0) is 7.56. The molecule has 0 bridgehead atoms. The van der Waals surface area contributed by atoms with Crippen LogP contribution in [0.5, 0.6) is 0 Å². The molecule has 56 valence electrons. The molecule has 0 fully saturated rings. The van der Waals surface area contributed by atoms with Gasteiger partial charge in [-0.05, 0) is 14.1 Å². The minimum atomic E-state index is 0.661. The van der Waals surface area contributed by atoms with Crippen molar-refractivity contribution in [1.29, 1.82) is 0 Å². The number of H-pyrrole nitrogens is 1. The Bertz CT molecular complexity index is 203. The smallest absolute Gasteiger partial charge is 0.123 e. The van der Waals surface area contributed by atoms with Gasteiger partial charge in [0.15, 0.2) is 0 Å². The standard InChI is InChI=1S/C6H12N4/c1-10(2)4-5-3-8-9-6(5)7/h3H,4H2,1-2H3,(H3,7,8,9). The van der Waals surface area contributed by atoms with Gasteiger partial charge in [-0.25, -0.2) is 0 Å². The third-order valence-corrected chi connectivity index (χ3v) is 1.24. The van der Waals surface area contributed by atoms with Crippen molar-refractivity contribution in [2.45, 2.75) is 6.54 Å². The van der Waals surface area contributed by atoms with Crippen molar-refractivity contribution in [1.82, 2.24) is 15.1 Å². The van der Waals surface area contributed by atoms with Crippen molar-refractivity contribution >= 4 is 5.82 Å². The predicted molar refractivity (Wildman–Crippen MR) is 40.4 cm³/mol. The van der Waals surface area contributed by atoms with Crippen molar-refractivity contribution in [2.24, 2.45) is 0 Å². The molecule has 0 spiro atoms. The average molecular weight is 140 g/mol. The summed E-state index contributed by atoms with van der Waals surface area (Å²) in [6, 6.07) is 0. The molecule has 0 amide bonds. The molecule has 0 aliphatic carbocycles. The Morgan fingerprint density at radius 1 is 1.70 bits per heavy atom. The minimum absolute atomic E-state index is 0.661. The molecule has 4 heteroatoms. The number of hydrogen-bond acceptors (Lipinski definition) is 3. The molecular formula is C6H12N4. The molecule has 1 aromatic heterocycles. The highest BCUT2D eigenvalue weighted by atomic mass is 15.2. The van der Waals surface area contributed by atoms with E-state index < -0.39 is 0 Å². The van der Waals surface area contributed by atoms with E-state index in [0.717, 1.165) is 12.1 Å². The van der Waals surface area contributed by atoms with Gasteiger partial charge in [-0.2, -0.15) is 5.10 Å². The lowest BCUT2D eigenvalue weighted by atomic mass is 10.3. The molecule has 4 nitrogen and oxygen atoms in total. The first kappa shape index (κ1) is 7.08. The molecular weight excluding hydrogens is 128 g/mol. The third kappa shape index (κ3) is 1.48. The summed E-state index contributed by atoms with van der Waals surface area (Å²) in [6.07, 6.45) is 1.75. The summed E-state index contributed by atoms with van der Waals surface area (Å²) in [4.78, 5) is 2.04. The van der Waals surface area contributed by atoms with E-state index >= 15 is 0 Å². The second kappa shape index (κ2) is 2.70. The number of nitrogen functional groups attached to an aromatic ring is 1. The van der Waals surface area contributed by atoms with E-state index in [4.69, 9.17) is 5.73 Å². The first-order chi connectivity index (χ1) is 4.70. The monoisotopic (exact) mass is 140 g/mol. The van der Waals surface area contributed by atoms with Crippen molar-refractivity contribution < 1.29 is 0 Å². The van der Waals surface area contributed by atoms with Gasteiger partial charge in [-0.3, -0.25) is 5.10 Å². The summed E-state index contributed by atoms with van der Waals surface area (Å²) in [7, 11) is 3.98. The first-order valence-electron chi connectivity index (χ1n) is 3.12. The summed E-state index contributed by atoms with van der Waals surface area (Å²) in [5.74, 6) is 0.661. The molecule has 0 saturated heterocycles. The summed E-state index contributed by atoms with van der Waals surface area (Å²) in [6.45, 7) is 0.836. The van der Waals surface area contributed by atoms with Crippen LogP contribution in [0.1, 0.15) is 5.56 Å². The van der Waals surface area contributed by atoms with Gasteiger partial charge in [-0.1, -0.05) is 0 Å². The van der Waals surface area contributed by atoms with Gasteiger partial charge in [-0.15, -0.1) is 0 Å². The number of nitrogens with one attached hydrogen (secondary N) is 1. The molecule has 1 aromatic rings. The van der Waals surface area contributed by atoms with Crippen molar-refractivity contribution in [3.63, 3.8) is 0 Å². The predicted octanol–water partition coefficient (Wildman–Crippen LogP) is 0.0535. The fourth-order valence-corrected chi connectivity index (χ4v) is 0.788. The highest BCUT2D eigenvalue weighted by Crippen LogP contribution is 2.06. The minimum Gasteiger partial charge on any atom is -0.384 e. The van der Waals surface area contributed by atoms with E-state index in [-0.39, 0.29) is 0 Å². The molecule has 0 aromatic carbocycles. The molecule has 1 rings (SSSR count). The fraction of sp³-hybridized carbons (Fsp3) is 0.500. The Morgan fingerprint density at radius 3 is 2.80 bits per heavy atom. The van der Waals surface area contributed by atoms with Crippen LogP contribution < -0.4 is 5.73 Å². The topological polar surface area (TPSA) is 57.9 Å². The van der Waals surface area contributed by atoms with Crippen LogP contribution in [0.25, 0.3) is 0 Å². The maximum atomic E-state index is 5.54. The Morgan fingerprint density at radius 2 is 2.40 bits per heavy atom. The highest BCUT2D eigenvalue weighted by Gasteiger charge is 2.00. The van der Waals surface area contributed by atoms with E-state index in [2.05, 4.69) is 10.2 Å². The number of rotatable bonds is 2. The van der Waals surface area contributed by atoms with Gasteiger partial charge < -0.3 is 10.6 Å². The second-order valence-corrected chi connectivity index (χ2v) is 2.55. The number of aromatic nitrogens is 2. The van der Waals surface area contributed by atoms with Crippen molar-refractivity contribution in [3.05, 3.63) is 11.8 Å². The van der Waals surface area contributed by atoms with Gasteiger partial charge in [0, 0.05) is 12.1 Å². The van der Waals surface area contributed by atoms with Crippen LogP contribution >= 0.6 is 0 Å². The summed E-state index contributed by atoms with van der Waals surface area (Å²) < 4.78 is 0. The summed E-state index contributed by atoms with van der Waals surface area (Å²) >= 11 is 0. The molecule has 0 atom stereocenters. The number of aromatic amines is 1. The quantitative estimate of drug-likeness (QED) is 0.610. The second-order valence-electron chi connectivity index (χ2n) is 2.55. The average Bonchev–Trinajstić information content (AvgIpc) is 2.15. The van der Waals surface area contributed by atoms with Crippen LogP contribution in [0.3, 0.4) is 0 Å². The Balaban J connectivity index is 2.65. The van der Waals surface area contributed by atoms with Crippen molar-refractivity contribution in [3.8, 4) is 0 Å². The van der Waals surface area contributed by atoms with E-state index in [1.807, 2.05) is 19.0 Å². The zero-order valence-electron chi connectivity index (χ0n) is 6.26. The van der Waals surface area contributed by atoms with E-state index in [0.29, 0.717) is 5.82 Å². The number of anilines is 1. The van der Waals surface area contributed by atoms with Gasteiger partial charge in [0.2, 0.25) is 0 Å². The molecule has 0 radical (unpaired) electrons. The van der Waals surface area contributed by atoms with Crippen LogP contribution in [0.4, 0.5) is 5.82 Å². The van der Waals surface area contributed by atoms with E-state index in [1.54, 1.807) is 6.20 Å². The normalized spacial score (nSPS) is 10.7. The van der Waals surface area contributed by atoms with E-state index in [1.165, 1.54) is 0 Å². The van der Waals surface area contributed by atoms with Crippen LogP contribution in [-0.2, 0) is 6.54 Å². The Labute approximate surface area is 60.0 Å².